The number of carboxylic acid groups (broad SMARTS) is 1. The molecule has 1 aliphatic carbocycles. The van der Waals surface area contributed by atoms with Crippen LogP contribution in [0.5, 0.6) is 0 Å². The number of rotatable bonds is 12. The Morgan fingerprint density at radius 3 is 2.26 bits per heavy atom. The highest BCUT2D eigenvalue weighted by molar-refractivity contribution is 7.80. The summed E-state index contributed by atoms with van der Waals surface area (Å²) in [4.78, 5) is 26.5. The molecule has 46 heavy (non-hydrogen) atoms. The fraction of sp³-hybridized carbons (Fsp3) is 0.314. The number of hydrogen-bond donors (Lipinski definition) is 2. The minimum atomic E-state index is -1.09. The third-order valence-corrected chi connectivity index (χ3v) is 7.83. The number of benzene rings is 3. The van der Waals surface area contributed by atoms with Gasteiger partial charge in [0, 0.05) is 58.7 Å². The van der Waals surface area contributed by atoms with Gasteiger partial charge in [-0.3, -0.25) is 0 Å². The van der Waals surface area contributed by atoms with E-state index in [4.69, 9.17) is 26.1 Å². The van der Waals surface area contributed by atoms with Crippen molar-refractivity contribution in [2.45, 2.75) is 34.6 Å². The molecule has 0 bridgehead atoms. The lowest BCUT2D eigenvalue weighted by atomic mass is 9.90. The summed E-state index contributed by atoms with van der Waals surface area (Å²) >= 11 is 5.28. The van der Waals surface area contributed by atoms with Crippen molar-refractivity contribution in [1.82, 2.24) is 4.58 Å². The Morgan fingerprint density at radius 1 is 0.957 bits per heavy atom. The molecule has 11 heteroatoms. The Morgan fingerprint density at radius 2 is 1.63 bits per heavy atom. The van der Waals surface area contributed by atoms with Gasteiger partial charge in [-0.2, -0.15) is 0 Å². The summed E-state index contributed by atoms with van der Waals surface area (Å²) in [5.41, 5.74) is 4.64. The van der Waals surface area contributed by atoms with Gasteiger partial charge in [0.2, 0.25) is 5.36 Å². The summed E-state index contributed by atoms with van der Waals surface area (Å²) in [6.07, 6.45) is 0. The number of thiocarbonyl (C=S) groups is 1. The van der Waals surface area contributed by atoms with E-state index in [0.717, 1.165) is 53.7 Å². The van der Waals surface area contributed by atoms with Crippen LogP contribution in [0, 0.1) is 0 Å². The molecule has 9 nitrogen and oxygen atoms in total. The number of nitrogens with zero attached hydrogens (tertiary/aromatic N) is 2. The van der Waals surface area contributed by atoms with Crippen molar-refractivity contribution in [1.29, 1.82) is 0 Å². The van der Waals surface area contributed by atoms with Crippen molar-refractivity contribution >= 4 is 51.7 Å². The Hall–Kier alpha value is -4.41. The van der Waals surface area contributed by atoms with Crippen molar-refractivity contribution in [2.24, 2.45) is 0 Å². The highest BCUT2D eigenvalue weighted by Crippen LogP contribution is 2.42. The van der Waals surface area contributed by atoms with Crippen molar-refractivity contribution in [3.05, 3.63) is 77.7 Å². The standard InChI is InChI=1S/C35H39N3O6S.ClH/c1-7-37(8-2)24-12-15-27-30(20-24)44-31-21-25(38(9-3)10-4)13-16-28(31)32(27)26-14-11-23(19-29(26)33(39)40)36-35(45)43-18-17-42-34(41)22(5)6;/h11-16,19-21H,5,7-10,17-18H2,1-4,6H3,(H,39,40);1H. The molecule has 2 aromatic carbocycles. The zero-order chi connectivity index (χ0) is 32.7. The highest BCUT2D eigenvalue weighted by Gasteiger charge is 2.23. The van der Waals surface area contributed by atoms with Gasteiger partial charge in [0.25, 0.3) is 5.17 Å². The second-order valence-electron chi connectivity index (χ2n) is 10.4. The number of hydrogen-bond acceptors (Lipinski definition) is 7. The molecule has 0 aromatic heterocycles. The Bertz CT molecular complexity index is 1790. The molecule has 1 aliphatic heterocycles. The van der Waals surface area contributed by atoms with Crippen molar-refractivity contribution in [3.8, 4) is 22.5 Å². The SMILES string of the molecule is C=C(C)C(=O)OCCOC(=S)Nc1ccc(-c2c3ccc(=[N+](CC)CC)cc-3oc3cc(N(CC)CC)ccc23)c(C(=O)O)c1.[Cl-]. The fourth-order valence-electron chi connectivity index (χ4n) is 5.29. The Labute approximate surface area is 280 Å². The van der Waals surface area contributed by atoms with Crippen LogP contribution >= 0.6 is 12.2 Å². The molecule has 0 spiro atoms. The minimum absolute atomic E-state index is 0. The minimum Gasteiger partial charge on any atom is -1.00 e. The number of nitrogens with one attached hydrogen (secondary N) is 1. The molecule has 0 fully saturated rings. The van der Waals surface area contributed by atoms with Crippen molar-refractivity contribution in [2.75, 3.05) is 49.6 Å². The average Bonchev–Trinajstić information content (AvgIpc) is 3.03. The van der Waals surface area contributed by atoms with Gasteiger partial charge < -0.3 is 41.6 Å². The van der Waals surface area contributed by atoms with Gasteiger partial charge in [0.05, 0.1) is 11.6 Å². The summed E-state index contributed by atoms with van der Waals surface area (Å²) in [6.45, 7) is 16.9. The summed E-state index contributed by atoms with van der Waals surface area (Å²) in [5, 5.41) is 15.2. The Kier molecular flexibility index (Phi) is 12.7. The van der Waals surface area contributed by atoms with Gasteiger partial charge in [0.1, 0.15) is 37.6 Å². The molecule has 2 aromatic rings. The van der Waals surface area contributed by atoms with E-state index in [1.165, 1.54) is 6.07 Å². The smallest absolute Gasteiger partial charge is 0.336 e. The van der Waals surface area contributed by atoms with Gasteiger partial charge in [-0.25, -0.2) is 14.2 Å². The highest BCUT2D eigenvalue weighted by atomic mass is 35.5. The number of carboxylic acids is 1. The predicted molar refractivity (Wildman–Crippen MR) is 183 cm³/mol. The van der Waals surface area contributed by atoms with E-state index in [9.17, 15) is 14.7 Å². The van der Waals surface area contributed by atoms with Crippen LogP contribution in [-0.2, 0) is 14.3 Å². The number of halogens is 1. The van der Waals surface area contributed by atoms with Crippen molar-refractivity contribution < 1.29 is 41.0 Å². The Balaban J connectivity index is 0.00000576. The molecular formula is C35H40ClN3O6S. The van der Waals surface area contributed by atoms with E-state index >= 15 is 0 Å². The number of carbonyl (C=O) groups is 2. The number of fused-ring (bicyclic) bond motifs is 2. The van der Waals surface area contributed by atoms with E-state index in [1.54, 1.807) is 19.1 Å². The van der Waals surface area contributed by atoms with Crippen LogP contribution in [0.3, 0.4) is 0 Å². The third kappa shape index (κ3) is 8.05. The van der Waals surface area contributed by atoms with E-state index < -0.39 is 11.9 Å². The summed E-state index contributed by atoms with van der Waals surface area (Å²) in [5.74, 6) is -0.936. The van der Waals surface area contributed by atoms with Gasteiger partial charge in [-0.05, 0) is 82.7 Å². The summed E-state index contributed by atoms with van der Waals surface area (Å²) in [6, 6.07) is 17.2. The van der Waals surface area contributed by atoms with Crippen molar-refractivity contribution in [3.63, 3.8) is 0 Å². The normalized spacial score (nSPS) is 10.6. The zero-order valence-corrected chi connectivity index (χ0v) is 28.4. The first-order chi connectivity index (χ1) is 21.6. The van der Waals surface area contributed by atoms with Gasteiger partial charge >= 0.3 is 11.9 Å². The van der Waals surface area contributed by atoms with Crippen LogP contribution in [0.1, 0.15) is 45.0 Å². The number of anilines is 2. The second kappa shape index (κ2) is 16.2. The number of aromatic carboxylic acids is 1. The van der Waals surface area contributed by atoms with Gasteiger partial charge in [0.15, 0.2) is 0 Å². The maximum Gasteiger partial charge on any atom is 0.336 e. The monoisotopic (exact) mass is 665 g/mol. The first-order valence-corrected chi connectivity index (χ1v) is 15.5. The first-order valence-electron chi connectivity index (χ1n) is 15.1. The molecule has 0 atom stereocenters. The van der Waals surface area contributed by atoms with E-state index in [1.807, 2.05) is 36.4 Å². The fourth-order valence-corrected chi connectivity index (χ4v) is 5.49. The second-order valence-corrected chi connectivity index (χ2v) is 10.8. The topological polar surface area (TPSA) is 104 Å². The first kappa shape index (κ1) is 36.1. The van der Waals surface area contributed by atoms with Crippen LogP contribution in [0.15, 0.2) is 71.2 Å². The van der Waals surface area contributed by atoms with E-state index in [-0.39, 0.29) is 36.4 Å². The van der Waals surface area contributed by atoms with E-state index in [0.29, 0.717) is 28.2 Å². The molecular weight excluding hydrogens is 626 g/mol. The largest absolute Gasteiger partial charge is 1.00 e. The lowest BCUT2D eigenvalue weighted by molar-refractivity contribution is -0.139. The van der Waals surface area contributed by atoms with Crippen LogP contribution in [0.4, 0.5) is 11.4 Å². The van der Waals surface area contributed by atoms with Gasteiger partial charge in [-0.1, -0.05) is 12.6 Å². The molecule has 2 aliphatic rings. The van der Waals surface area contributed by atoms with Crippen LogP contribution < -0.4 is 32.6 Å². The number of carbonyl (C=O) groups excluding carboxylic acids is 1. The summed E-state index contributed by atoms with van der Waals surface area (Å²) < 4.78 is 19.2. The van der Waals surface area contributed by atoms with E-state index in [2.05, 4.69) is 49.1 Å². The zero-order valence-electron chi connectivity index (χ0n) is 26.8. The number of ether oxygens (including phenoxy) is 2. The maximum atomic E-state index is 12.7. The summed E-state index contributed by atoms with van der Waals surface area (Å²) in [7, 11) is 0. The van der Waals surface area contributed by atoms with Crippen LogP contribution in [0.25, 0.3) is 33.4 Å². The molecule has 4 rings (SSSR count). The predicted octanol–water partition coefficient (Wildman–Crippen LogP) is 3.40. The van der Waals surface area contributed by atoms with Gasteiger partial charge in [-0.15, -0.1) is 0 Å². The third-order valence-electron chi connectivity index (χ3n) is 7.61. The number of esters is 1. The molecule has 2 N–H and O–H groups in total. The molecule has 244 valence electrons. The lowest BCUT2D eigenvalue weighted by Crippen LogP contribution is -3.00. The molecule has 0 amide bonds. The molecule has 0 unspecified atom stereocenters. The van der Waals surface area contributed by atoms with Crippen LogP contribution in [-0.4, -0.2) is 61.6 Å². The molecule has 0 saturated carbocycles. The molecule has 0 radical (unpaired) electrons. The maximum absolute atomic E-state index is 12.7. The lowest BCUT2D eigenvalue weighted by Gasteiger charge is -2.22. The molecule has 0 saturated heterocycles. The molecule has 1 heterocycles. The van der Waals surface area contributed by atoms with Crippen LogP contribution in [0.2, 0.25) is 0 Å². The average molecular weight is 666 g/mol. The quantitative estimate of drug-likeness (QED) is 0.0589.